The molecule has 0 aromatic carbocycles. The van der Waals surface area contributed by atoms with Crippen molar-refractivity contribution in [2.75, 3.05) is 0 Å². The molecule has 0 atom stereocenters. The number of pyridine rings is 5. The van der Waals surface area contributed by atoms with Crippen molar-refractivity contribution in [3.05, 3.63) is 54.9 Å². The Labute approximate surface area is 124 Å². The average molecular weight is 283 g/mol. The number of fused-ring (bicyclic) bond motifs is 4. The van der Waals surface area contributed by atoms with Crippen LogP contribution in [0, 0.1) is 0 Å². The van der Waals surface area contributed by atoms with Gasteiger partial charge < -0.3 is 0 Å². The van der Waals surface area contributed by atoms with Crippen LogP contribution in [-0.4, -0.2) is 24.9 Å². The van der Waals surface area contributed by atoms with E-state index in [2.05, 4.69) is 24.9 Å². The third-order valence-electron chi connectivity index (χ3n) is 3.70. The molecule has 0 N–H and O–H groups in total. The molecule has 0 amide bonds. The van der Waals surface area contributed by atoms with Gasteiger partial charge in [-0.05, 0) is 42.5 Å². The maximum Gasteiger partial charge on any atom is 0.0917 e. The van der Waals surface area contributed by atoms with E-state index in [0.29, 0.717) is 0 Å². The Kier molecular flexibility index (Phi) is 2.16. The van der Waals surface area contributed by atoms with E-state index in [1.54, 1.807) is 12.4 Å². The first-order valence-electron chi connectivity index (χ1n) is 6.95. The zero-order chi connectivity index (χ0) is 14.5. The summed E-state index contributed by atoms with van der Waals surface area (Å²) in [5.41, 5.74) is 6.68. The molecule has 102 valence electrons. The standard InChI is InChI=1S/C17H9N5/c1-3-10-12(18-5-1)7-14-16(20-10)9-17-15(22-14)8-13-11(21-17)4-2-6-19-13/h1-9H. The van der Waals surface area contributed by atoms with Gasteiger partial charge in [0, 0.05) is 12.4 Å². The fourth-order valence-electron chi connectivity index (χ4n) is 2.66. The van der Waals surface area contributed by atoms with Gasteiger partial charge in [0.25, 0.3) is 0 Å². The van der Waals surface area contributed by atoms with Crippen molar-refractivity contribution in [2.45, 2.75) is 0 Å². The number of hydrogen-bond acceptors (Lipinski definition) is 5. The van der Waals surface area contributed by atoms with E-state index in [9.17, 15) is 0 Å². The summed E-state index contributed by atoms with van der Waals surface area (Å²) in [5, 5.41) is 0. The molecule has 22 heavy (non-hydrogen) atoms. The van der Waals surface area contributed by atoms with Crippen LogP contribution in [0.5, 0.6) is 0 Å². The molecule has 5 aromatic rings. The molecule has 0 spiro atoms. The number of aromatic nitrogens is 5. The minimum Gasteiger partial charge on any atom is -0.255 e. The SMILES string of the molecule is c1cnc2cc3nc4cc5ncccc5nc4cc3nc2c1. The summed E-state index contributed by atoms with van der Waals surface area (Å²) in [6, 6.07) is 13.5. The van der Waals surface area contributed by atoms with Crippen molar-refractivity contribution in [1.29, 1.82) is 0 Å². The average Bonchev–Trinajstić information content (AvgIpc) is 2.56. The highest BCUT2D eigenvalue weighted by Crippen LogP contribution is 2.22. The Balaban J connectivity index is 1.93. The van der Waals surface area contributed by atoms with Crippen molar-refractivity contribution < 1.29 is 0 Å². The Bertz CT molecular complexity index is 999. The molecule has 5 heterocycles. The maximum atomic E-state index is 4.67. The molecule has 0 radical (unpaired) electrons. The molecule has 5 heteroatoms. The summed E-state index contributed by atoms with van der Waals surface area (Å²) >= 11 is 0. The van der Waals surface area contributed by atoms with Crippen LogP contribution in [0.2, 0.25) is 0 Å². The highest BCUT2D eigenvalue weighted by Gasteiger charge is 2.06. The van der Waals surface area contributed by atoms with Crippen LogP contribution in [0.1, 0.15) is 0 Å². The van der Waals surface area contributed by atoms with E-state index >= 15 is 0 Å². The number of hydrogen-bond donors (Lipinski definition) is 0. The van der Waals surface area contributed by atoms with Gasteiger partial charge in [0.1, 0.15) is 0 Å². The summed E-state index contributed by atoms with van der Waals surface area (Å²) in [5.74, 6) is 0. The molecular formula is C17H9N5. The zero-order valence-corrected chi connectivity index (χ0v) is 11.4. The second-order valence-corrected chi connectivity index (χ2v) is 5.12. The minimum absolute atomic E-state index is 0.816. The summed E-state index contributed by atoms with van der Waals surface area (Å²) in [7, 11) is 0. The highest BCUT2D eigenvalue weighted by atomic mass is 14.8. The second kappa shape index (κ2) is 4.14. The molecular weight excluding hydrogens is 274 g/mol. The molecule has 0 saturated carbocycles. The molecule has 5 aromatic heterocycles. The Morgan fingerprint density at radius 2 is 0.864 bits per heavy atom. The van der Waals surface area contributed by atoms with Crippen molar-refractivity contribution in [3.8, 4) is 0 Å². The molecule has 5 rings (SSSR count). The summed E-state index contributed by atoms with van der Waals surface area (Å²) in [4.78, 5) is 22.6. The normalized spacial score (nSPS) is 11.6. The second-order valence-electron chi connectivity index (χ2n) is 5.12. The van der Waals surface area contributed by atoms with Gasteiger partial charge >= 0.3 is 0 Å². The Morgan fingerprint density at radius 3 is 1.36 bits per heavy atom. The van der Waals surface area contributed by atoms with Crippen molar-refractivity contribution in [1.82, 2.24) is 24.9 Å². The smallest absolute Gasteiger partial charge is 0.0917 e. The Hall–Kier alpha value is -3.21. The topological polar surface area (TPSA) is 64.5 Å². The van der Waals surface area contributed by atoms with Gasteiger partial charge in [-0.15, -0.1) is 0 Å². The largest absolute Gasteiger partial charge is 0.255 e. The van der Waals surface area contributed by atoms with Crippen molar-refractivity contribution in [2.24, 2.45) is 0 Å². The van der Waals surface area contributed by atoms with E-state index in [4.69, 9.17) is 0 Å². The molecule has 0 aliphatic heterocycles. The van der Waals surface area contributed by atoms with Gasteiger partial charge in [0.15, 0.2) is 0 Å². The fourth-order valence-corrected chi connectivity index (χ4v) is 2.66. The zero-order valence-electron chi connectivity index (χ0n) is 11.4. The van der Waals surface area contributed by atoms with Gasteiger partial charge in [-0.1, -0.05) is 0 Å². The van der Waals surface area contributed by atoms with Crippen LogP contribution >= 0.6 is 0 Å². The van der Waals surface area contributed by atoms with E-state index in [-0.39, 0.29) is 0 Å². The van der Waals surface area contributed by atoms with Gasteiger partial charge in [0.05, 0.1) is 44.1 Å². The van der Waals surface area contributed by atoms with Crippen LogP contribution in [0.25, 0.3) is 44.1 Å². The number of rotatable bonds is 0. The predicted octanol–water partition coefficient (Wildman–Crippen LogP) is 3.27. The van der Waals surface area contributed by atoms with Crippen LogP contribution in [0.3, 0.4) is 0 Å². The van der Waals surface area contributed by atoms with Crippen LogP contribution in [0.15, 0.2) is 54.9 Å². The van der Waals surface area contributed by atoms with E-state index in [1.165, 1.54) is 0 Å². The molecule has 0 bridgehead atoms. The third-order valence-corrected chi connectivity index (χ3v) is 3.70. The van der Waals surface area contributed by atoms with Gasteiger partial charge in [-0.2, -0.15) is 0 Å². The molecule has 0 aliphatic rings. The van der Waals surface area contributed by atoms with Crippen LogP contribution < -0.4 is 0 Å². The van der Waals surface area contributed by atoms with Crippen LogP contribution in [-0.2, 0) is 0 Å². The molecule has 0 saturated heterocycles. The molecule has 0 unspecified atom stereocenters. The monoisotopic (exact) mass is 283 g/mol. The quantitative estimate of drug-likeness (QED) is 0.408. The highest BCUT2D eigenvalue weighted by molar-refractivity contribution is 5.97. The summed E-state index contributed by atoms with van der Waals surface area (Å²) < 4.78 is 0. The maximum absolute atomic E-state index is 4.67. The van der Waals surface area contributed by atoms with Crippen molar-refractivity contribution >= 4 is 44.1 Å². The van der Waals surface area contributed by atoms with E-state index in [0.717, 1.165) is 44.1 Å². The number of nitrogens with zero attached hydrogens (tertiary/aromatic N) is 5. The first-order chi connectivity index (χ1) is 10.9. The first kappa shape index (κ1) is 11.4. The predicted molar refractivity (Wildman–Crippen MR) is 85.4 cm³/mol. The van der Waals surface area contributed by atoms with E-state index < -0.39 is 0 Å². The van der Waals surface area contributed by atoms with Gasteiger partial charge in [0.2, 0.25) is 0 Å². The lowest BCUT2D eigenvalue weighted by atomic mass is 10.2. The molecule has 0 fully saturated rings. The van der Waals surface area contributed by atoms with E-state index in [1.807, 2.05) is 42.5 Å². The molecule has 0 aliphatic carbocycles. The summed E-state index contributed by atoms with van der Waals surface area (Å²) in [6.07, 6.45) is 3.52. The summed E-state index contributed by atoms with van der Waals surface area (Å²) in [6.45, 7) is 0. The molecule has 5 nitrogen and oxygen atoms in total. The van der Waals surface area contributed by atoms with Crippen LogP contribution in [0.4, 0.5) is 0 Å². The lowest BCUT2D eigenvalue weighted by Gasteiger charge is -2.04. The lowest BCUT2D eigenvalue weighted by molar-refractivity contribution is 1.34. The third kappa shape index (κ3) is 1.62. The van der Waals surface area contributed by atoms with Gasteiger partial charge in [-0.25, -0.2) is 15.0 Å². The van der Waals surface area contributed by atoms with Crippen molar-refractivity contribution in [3.63, 3.8) is 0 Å². The minimum atomic E-state index is 0.816. The first-order valence-corrected chi connectivity index (χ1v) is 6.95. The van der Waals surface area contributed by atoms with Gasteiger partial charge in [-0.3, -0.25) is 9.97 Å². The Morgan fingerprint density at radius 1 is 0.455 bits per heavy atom. The fraction of sp³-hybridized carbons (Fsp3) is 0. The lowest BCUT2D eigenvalue weighted by Crippen LogP contribution is -1.91.